The summed E-state index contributed by atoms with van der Waals surface area (Å²) < 4.78 is 17.8. The average molecular weight is 393 g/mol. The summed E-state index contributed by atoms with van der Waals surface area (Å²) in [5, 5.41) is 10.9. The van der Waals surface area contributed by atoms with Crippen molar-refractivity contribution in [2.45, 2.75) is 39.8 Å². The number of benzene rings is 1. The van der Waals surface area contributed by atoms with Crippen molar-refractivity contribution in [3.05, 3.63) is 22.2 Å². The SMILES string of the molecule is CCc1nc2c(OC)c(OC)c(OC)cc2c(=O)n1CC(O)CN(CC)CC. The summed E-state index contributed by atoms with van der Waals surface area (Å²) in [5.41, 5.74) is 0.191. The lowest BCUT2D eigenvalue weighted by atomic mass is 10.1. The van der Waals surface area contributed by atoms with Crippen molar-refractivity contribution in [3.8, 4) is 17.2 Å². The minimum Gasteiger partial charge on any atom is -0.493 e. The maximum absolute atomic E-state index is 13.3. The number of nitrogens with zero attached hydrogens (tertiary/aromatic N) is 3. The Morgan fingerprint density at radius 1 is 1.11 bits per heavy atom. The summed E-state index contributed by atoms with van der Waals surface area (Å²) in [6.45, 7) is 8.37. The molecule has 1 heterocycles. The Labute approximate surface area is 165 Å². The fourth-order valence-electron chi connectivity index (χ4n) is 3.37. The first-order valence-electron chi connectivity index (χ1n) is 9.58. The van der Waals surface area contributed by atoms with E-state index in [0.717, 1.165) is 13.1 Å². The summed E-state index contributed by atoms with van der Waals surface area (Å²) in [7, 11) is 4.52. The first-order chi connectivity index (χ1) is 13.4. The third-order valence-corrected chi connectivity index (χ3v) is 4.90. The van der Waals surface area contributed by atoms with Gasteiger partial charge in [0.05, 0.1) is 39.4 Å². The molecule has 28 heavy (non-hydrogen) atoms. The molecular formula is C20H31N3O5. The zero-order valence-corrected chi connectivity index (χ0v) is 17.6. The smallest absolute Gasteiger partial charge is 0.261 e. The highest BCUT2D eigenvalue weighted by Gasteiger charge is 2.22. The molecule has 1 N–H and O–H groups in total. The number of methoxy groups -OCH3 is 3. The number of rotatable bonds is 10. The Bertz CT molecular complexity index is 861. The highest BCUT2D eigenvalue weighted by atomic mass is 16.5. The first kappa shape index (κ1) is 22.0. The zero-order valence-electron chi connectivity index (χ0n) is 17.6. The van der Waals surface area contributed by atoms with E-state index in [9.17, 15) is 9.90 Å². The summed E-state index contributed by atoms with van der Waals surface area (Å²) in [6, 6.07) is 1.61. The molecule has 2 rings (SSSR count). The molecule has 0 saturated heterocycles. The number of aliphatic hydroxyl groups excluding tert-OH is 1. The van der Waals surface area contributed by atoms with Crippen molar-refractivity contribution in [3.63, 3.8) is 0 Å². The van der Waals surface area contributed by atoms with Gasteiger partial charge in [0.25, 0.3) is 5.56 Å². The van der Waals surface area contributed by atoms with Crippen LogP contribution in [0.15, 0.2) is 10.9 Å². The predicted molar refractivity (Wildman–Crippen MR) is 109 cm³/mol. The maximum Gasteiger partial charge on any atom is 0.261 e. The molecule has 1 aromatic heterocycles. The molecule has 1 unspecified atom stereocenters. The van der Waals surface area contributed by atoms with E-state index in [0.29, 0.717) is 46.9 Å². The fourth-order valence-corrected chi connectivity index (χ4v) is 3.37. The third kappa shape index (κ3) is 4.23. The molecular weight excluding hydrogens is 362 g/mol. The Morgan fingerprint density at radius 3 is 2.25 bits per heavy atom. The number of likely N-dealkylation sites (N-methyl/N-ethyl adjacent to an activating group) is 1. The van der Waals surface area contributed by atoms with Gasteiger partial charge in [-0.15, -0.1) is 0 Å². The van der Waals surface area contributed by atoms with E-state index >= 15 is 0 Å². The van der Waals surface area contributed by atoms with Gasteiger partial charge in [0.1, 0.15) is 11.3 Å². The molecule has 0 bridgehead atoms. The lowest BCUT2D eigenvalue weighted by Gasteiger charge is -2.23. The molecule has 0 aliphatic carbocycles. The molecule has 8 heteroatoms. The van der Waals surface area contributed by atoms with Crippen LogP contribution in [0.2, 0.25) is 0 Å². The van der Waals surface area contributed by atoms with Crippen molar-refractivity contribution in [1.82, 2.24) is 14.5 Å². The lowest BCUT2D eigenvalue weighted by Crippen LogP contribution is -2.38. The number of aryl methyl sites for hydroxylation is 1. The zero-order chi connectivity index (χ0) is 20.8. The van der Waals surface area contributed by atoms with Crippen LogP contribution in [0.5, 0.6) is 17.2 Å². The van der Waals surface area contributed by atoms with Gasteiger partial charge in [0, 0.05) is 13.0 Å². The number of ether oxygens (including phenoxy) is 3. The van der Waals surface area contributed by atoms with Crippen molar-refractivity contribution in [1.29, 1.82) is 0 Å². The summed E-state index contributed by atoms with van der Waals surface area (Å²) in [4.78, 5) is 20.0. The van der Waals surface area contributed by atoms with E-state index in [4.69, 9.17) is 14.2 Å². The summed E-state index contributed by atoms with van der Waals surface area (Å²) >= 11 is 0. The van der Waals surface area contributed by atoms with E-state index < -0.39 is 6.10 Å². The highest BCUT2D eigenvalue weighted by molar-refractivity contribution is 5.89. The first-order valence-corrected chi connectivity index (χ1v) is 9.58. The van der Waals surface area contributed by atoms with Crippen LogP contribution < -0.4 is 19.8 Å². The van der Waals surface area contributed by atoms with Gasteiger partial charge in [-0.05, 0) is 19.2 Å². The molecule has 0 aliphatic heterocycles. The molecule has 1 atom stereocenters. The topological polar surface area (TPSA) is 86.0 Å². The number of aliphatic hydroxyl groups is 1. The standard InChI is InChI=1S/C20H31N3O5/c1-7-16-21-17-14(10-15(26-4)18(27-5)19(17)28-6)20(25)23(16)12-13(24)11-22(8-2)9-3/h10,13,24H,7-9,11-12H2,1-6H3. The molecule has 0 radical (unpaired) electrons. The van der Waals surface area contributed by atoms with Crippen LogP contribution in [0, 0.1) is 0 Å². The minimum atomic E-state index is -0.677. The van der Waals surface area contributed by atoms with E-state index in [1.807, 2.05) is 20.8 Å². The number of hydrogen-bond donors (Lipinski definition) is 1. The summed E-state index contributed by atoms with van der Waals surface area (Å²) in [5.74, 6) is 1.73. The molecule has 0 amide bonds. The number of aromatic nitrogens is 2. The Hall–Kier alpha value is -2.32. The van der Waals surface area contributed by atoms with Gasteiger partial charge >= 0.3 is 0 Å². The monoisotopic (exact) mass is 393 g/mol. The summed E-state index contributed by atoms with van der Waals surface area (Å²) in [6.07, 6.45) is -0.134. The second kappa shape index (κ2) is 9.75. The highest BCUT2D eigenvalue weighted by Crippen LogP contribution is 2.41. The van der Waals surface area contributed by atoms with E-state index in [-0.39, 0.29) is 12.1 Å². The Kier molecular flexibility index (Phi) is 7.65. The van der Waals surface area contributed by atoms with Gasteiger partial charge in [-0.2, -0.15) is 0 Å². The van der Waals surface area contributed by atoms with Crippen molar-refractivity contribution in [2.75, 3.05) is 41.0 Å². The van der Waals surface area contributed by atoms with Crippen molar-refractivity contribution >= 4 is 10.9 Å². The van der Waals surface area contributed by atoms with E-state index in [1.54, 1.807) is 10.6 Å². The van der Waals surface area contributed by atoms with Crippen LogP contribution in [0.1, 0.15) is 26.6 Å². The van der Waals surface area contributed by atoms with Crippen LogP contribution >= 0.6 is 0 Å². The van der Waals surface area contributed by atoms with Crippen LogP contribution in [0.4, 0.5) is 0 Å². The maximum atomic E-state index is 13.3. The van der Waals surface area contributed by atoms with Crippen LogP contribution in [-0.4, -0.2) is 66.6 Å². The fraction of sp³-hybridized carbons (Fsp3) is 0.600. The van der Waals surface area contributed by atoms with Crippen LogP contribution in [0.3, 0.4) is 0 Å². The van der Waals surface area contributed by atoms with Crippen molar-refractivity contribution < 1.29 is 19.3 Å². The van der Waals surface area contributed by atoms with Gasteiger partial charge < -0.3 is 24.2 Å². The molecule has 8 nitrogen and oxygen atoms in total. The van der Waals surface area contributed by atoms with Crippen molar-refractivity contribution in [2.24, 2.45) is 0 Å². The Balaban J connectivity index is 2.62. The van der Waals surface area contributed by atoms with Crippen LogP contribution in [-0.2, 0) is 13.0 Å². The third-order valence-electron chi connectivity index (χ3n) is 4.90. The average Bonchev–Trinajstić information content (AvgIpc) is 2.72. The number of hydrogen-bond acceptors (Lipinski definition) is 7. The van der Waals surface area contributed by atoms with Crippen LogP contribution in [0.25, 0.3) is 10.9 Å². The van der Waals surface area contributed by atoms with Gasteiger partial charge in [0.2, 0.25) is 5.75 Å². The Morgan fingerprint density at radius 2 is 1.75 bits per heavy atom. The molecule has 0 spiro atoms. The largest absolute Gasteiger partial charge is 0.493 e. The van der Waals surface area contributed by atoms with Gasteiger partial charge in [0.15, 0.2) is 11.5 Å². The lowest BCUT2D eigenvalue weighted by molar-refractivity contribution is 0.101. The second-order valence-corrected chi connectivity index (χ2v) is 6.48. The second-order valence-electron chi connectivity index (χ2n) is 6.48. The van der Waals surface area contributed by atoms with Gasteiger partial charge in [-0.1, -0.05) is 20.8 Å². The quantitative estimate of drug-likeness (QED) is 0.657. The molecule has 1 aromatic carbocycles. The minimum absolute atomic E-state index is 0.179. The number of fused-ring (bicyclic) bond motifs is 1. The molecule has 2 aromatic rings. The van der Waals surface area contributed by atoms with Gasteiger partial charge in [-0.25, -0.2) is 4.98 Å². The molecule has 156 valence electrons. The van der Waals surface area contributed by atoms with Gasteiger partial charge in [-0.3, -0.25) is 9.36 Å². The molecule has 0 saturated carbocycles. The molecule has 0 aliphatic rings. The predicted octanol–water partition coefficient (Wildman–Crippen LogP) is 1.69. The normalized spacial score (nSPS) is 12.4. The van der Waals surface area contributed by atoms with E-state index in [2.05, 4.69) is 9.88 Å². The molecule has 0 fully saturated rings. The van der Waals surface area contributed by atoms with E-state index in [1.165, 1.54) is 21.3 Å².